The Morgan fingerprint density at radius 1 is 0.950 bits per heavy atom. The predicted octanol–water partition coefficient (Wildman–Crippen LogP) is 5.84. The molecular formula is C33H38ClN3O3. The standard InChI is InChI=1S/C33H38ClN3O3/c1-3-28(26-12-5-4-6-13-26)32(38)37-24-21-35(22-25-37)20-23-36(33(39)29-16-8-9-17-30(29)34)19-11-15-27-14-7-10-18-31(27)40-2/h4-18,28H,3,19-25H2,1-2H3/b15-11+. The second-order valence-corrected chi connectivity index (χ2v) is 10.3. The molecule has 1 fully saturated rings. The summed E-state index contributed by atoms with van der Waals surface area (Å²) in [6.07, 6.45) is 4.75. The van der Waals surface area contributed by atoms with Gasteiger partial charge in [0.1, 0.15) is 5.75 Å². The van der Waals surface area contributed by atoms with E-state index in [1.165, 1.54) is 0 Å². The van der Waals surface area contributed by atoms with Crippen LogP contribution in [0.1, 0.15) is 40.7 Å². The molecule has 0 saturated carbocycles. The van der Waals surface area contributed by atoms with Gasteiger partial charge < -0.3 is 14.5 Å². The van der Waals surface area contributed by atoms with Gasteiger partial charge in [-0.25, -0.2) is 0 Å². The first-order valence-electron chi connectivity index (χ1n) is 13.9. The van der Waals surface area contributed by atoms with Gasteiger partial charge in [-0.2, -0.15) is 0 Å². The van der Waals surface area contributed by atoms with Crippen LogP contribution in [-0.4, -0.2) is 79.4 Å². The van der Waals surface area contributed by atoms with Crippen molar-refractivity contribution in [2.24, 2.45) is 0 Å². The number of ether oxygens (including phenoxy) is 1. The highest BCUT2D eigenvalue weighted by Gasteiger charge is 2.28. The van der Waals surface area contributed by atoms with Crippen molar-refractivity contribution in [2.75, 3.05) is 52.9 Å². The number of carbonyl (C=O) groups excluding carboxylic acids is 2. The predicted molar refractivity (Wildman–Crippen MR) is 162 cm³/mol. The van der Waals surface area contributed by atoms with Gasteiger partial charge >= 0.3 is 0 Å². The summed E-state index contributed by atoms with van der Waals surface area (Å²) < 4.78 is 5.45. The Bertz CT molecular complexity index is 1290. The van der Waals surface area contributed by atoms with E-state index in [9.17, 15) is 9.59 Å². The van der Waals surface area contributed by atoms with E-state index >= 15 is 0 Å². The minimum absolute atomic E-state index is 0.0993. The lowest BCUT2D eigenvalue weighted by molar-refractivity contribution is -0.134. The zero-order valence-corrected chi connectivity index (χ0v) is 24.1. The molecule has 0 radical (unpaired) electrons. The molecule has 0 bridgehead atoms. The number of para-hydroxylation sites is 1. The van der Waals surface area contributed by atoms with Crippen molar-refractivity contribution < 1.29 is 14.3 Å². The van der Waals surface area contributed by atoms with Crippen molar-refractivity contribution in [3.05, 3.63) is 107 Å². The lowest BCUT2D eigenvalue weighted by Crippen LogP contribution is -2.51. The van der Waals surface area contributed by atoms with Gasteiger partial charge in [-0.05, 0) is 30.2 Å². The summed E-state index contributed by atoms with van der Waals surface area (Å²) in [6, 6.07) is 25.0. The van der Waals surface area contributed by atoms with Crippen LogP contribution < -0.4 is 4.74 Å². The average molecular weight is 560 g/mol. The zero-order chi connectivity index (χ0) is 28.3. The molecule has 0 spiro atoms. The molecule has 210 valence electrons. The highest BCUT2D eigenvalue weighted by Crippen LogP contribution is 2.23. The number of piperazine rings is 1. The smallest absolute Gasteiger partial charge is 0.255 e. The van der Waals surface area contributed by atoms with Gasteiger partial charge in [0.05, 0.1) is 23.6 Å². The molecule has 1 aliphatic rings. The van der Waals surface area contributed by atoms with Crippen molar-refractivity contribution in [1.29, 1.82) is 0 Å². The van der Waals surface area contributed by atoms with Gasteiger partial charge in [0, 0.05) is 51.4 Å². The highest BCUT2D eigenvalue weighted by molar-refractivity contribution is 6.33. The average Bonchev–Trinajstić information content (AvgIpc) is 3.00. The molecule has 1 heterocycles. The Hall–Kier alpha value is -3.61. The highest BCUT2D eigenvalue weighted by atomic mass is 35.5. The molecule has 0 N–H and O–H groups in total. The van der Waals surface area contributed by atoms with Gasteiger partial charge in [0.15, 0.2) is 0 Å². The molecule has 0 aliphatic carbocycles. The minimum atomic E-state index is -0.105. The summed E-state index contributed by atoms with van der Waals surface area (Å²) in [5.41, 5.74) is 2.53. The third-order valence-electron chi connectivity index (χ3n) is 7.43. The van der Waals surface area contributed by atoms with Crippen LogP contribution in [0, 0.1) is 0 Å². The molecule has 1 unspecified atom stereocenters. The number of hydrogen-bond donors (Lipinski definition) is 0. The fraction of sp³-hybridized carbons (Fsp3) is 0.333. The summed E-state index contributed by atoms with van der Waals surface area (Å²) in [5, 5.41) is 0.447. The first-order valence-corrected chi connectivity index (χ1v) is 14.3. The molecule has 1 atom stereocenters. The van der Waals surface area contributed by atoms with E-state index in [2.05, 4.69) is 11.8 Å². The van der Waals surface area contributed by atoms with Gasteiger partial charge in [-0.1, -0.05) is 91.3 Å². The number of nitrogens with zero attached hydrogens (tertiary/aromatic N) is 3. The lowest BCUT2D eigenvalue weighted by atomic mass is 9.95. The zero-order valence-electron chi connectivity index (χ0n) is 23.3. The Morgan fingerprint density at radius 2 is 1.62 bits per heavy atom. The van der Waals surface area contributed by atoms with Gasteiger partial charge in [-0.3, -0.25) is 14.5 Å². The topological polar surface area (TPSA) is 53.1 Å². The molecule has 3 aromatic carbocycles. The SMILES string of the molecule is CCC(C(=O)N1CCN(CCN(C/C=C/c2ccccc2OC)C(=O)c2ccccc2Cl)CC1)c1ccccc1. The quantitative estimate of drug-likeness (QED) is 0.296. The number of carbonyl (C=O) groups is 2. The second-order valence-electron chi connectivity index (χ2n) is 9.91. The van der Waals surface area contributed by atoms with E-state index in [1.807, 2.05) is 88.7 Å². The Kier molecular flexibility index (Phi) is 10.8. The van der Waals surface area contributed by atoms with Crippen molar-refractivity contribution in [3.8, 4) is 5.75 Å². The molecule has 1 saturated heterocycles. The number of halogens is 1. The first-order chi connectivity index (χ1) is 19.5. The summed E-state index contributed by atoms with van der Waals surface area (Å²) in [7, 11) is 1.65. The third kappa shape index (κ3) is 7.52. The van der Waals surface area contributed by atoms with Crippen LogP contribution in [0.2, 0.25) is 5.02 Å². The van der Waals surface area contributed by atoms with Crippen LogP contribution in [0.3, 0.4) is 0 Å². The molecule has 1 aliphatic heterocycles. The van der Waals surface area contributed by atoms with Crippen molar-refractivity contribution in [3.63, 3.8) is 0 Å². The third-order valence-corrected chi connectivity index (χ3v) is 7.76. The van der Waals surface area contributed by atoms with Gasteiger partial charge in [0.2, 0.25) is 5.91 Å². The van der Waals surface area contributed by atoms with E-state index in [1.54, 1.807) is 19.2 Å². The largest absolute Gasteiger partial charge is 0.496 e. The van der Waals surface area contributed by atoms with Crippen molar-refractivity contribution >= 4 is 29.5 Å². The lowest BCUT2D eigenvalue weighted by Gasteiger charge is -2.37. The summed E-state index contributed by atoms with van der Waals surface area (Å²) in [5.74, 6) is 0.780. The number of benzene rings is 3. The number of amides is 2. The molecular weight excluding hydrogens is 522 g/mol. The maximum Gasteiger partial charge on any atom is 0.255 e. The fourth-order valence-electron chi connectivity index (χ4n) is 5.10. The van der Waals surface area contributed by atoms with Crippen LogP contribution in [0.5, 0.6) is 5.75 Å². The van der Waals surface area contributed by atoms with E-state index in [0.29, 0.717) is 36.8 Å². The van der Waals surface area contributed by atoms with Crippen LogP contribution in [0.4, 0.5) is 0 Å². The molecule has 4 rings (SSSR count). The van der Waals surface area contributed by atoms with Crippen molar-refractivity contribution in [2.45, 2.75) is 19.3 Å². The van der Waals surface area contributed by atoms with Gasteiger partial charge in [-0.15, -0.1) is 0 Å². The summed E-state index contributed by atoms with van der Waals surface area (Å²) >= 11 is 6.38. The Labute approximate surface area is 242 Å². The Balaban J connectivity index is 1.38. The van der Waals surface area contributed by atoms with Crippen LogP contribution in [0.25, 0.3) is 6.08 Å². The van der Waals surface area contributed by atoms with Gasteiger partial charge in [0.25, 0.3) is 5.91 Å². The van der Waals surface area contributed by atoms with E-state index in [0.717, 1.165) is 42.9 Å². The van der Waals surface area contributed by atoms with E-state index in [-0.39, 0.29) is 17.7 Å². The van der Waals surface area contributed by atoms with Crippen LogP contribution in [-0.2, 0) is 4.79 Å². The minimum Gasteiger partial charge on any atom is -0.496 e. The molecule has 40 heavy (non-hydrogen) atoms. The molecule has 7 heteroatoms. The molecule has 2 amide bonds. The summed E-state index contributed by atoms with van der Waals surface area (Å²) in [4.78, 5) is 32.9. The second kappa shape index (κ2) is 14.7. The number of methoxy groups -OCH3 is 1. The summed E-state index contributed by atoms with van der Waals surface area (Å²) in [6.45, 7) is 6.72. The normalized spacial score (nSPS) is 14.7. The van der Waals surface area contributed by atoms with Crippen molar-refractivity contribution in [1.82, 2.24) is 14.7 Å². The van der Waals surface area contributed by atoms with Crippen LogP contribution >= 0.6 is 11.6 Å². The number of hydrogen-bond acceptors (Lipinski definition) is 4. The Morgan fingerprint density at radius 3 is 2.33 bits per heavy atom. The molecule has 6 nitrogen and oxygen atoms in total. The monoisotopic (exact) mass is 559 g/mol. The van der Waals surface area contributed by atoms with Crippen LogP contribution in [0.15, 0.2) is 84.9 Å². The molecule has 0 aromatic heterocycles. The maximum atomic E-state index is 13.5. The fourth-order valence-corrected chi connectivity index (χ4v) is 5.32. The van der Waals surface area contributed by atoms with E-state index in [4.69, 9.17) is 16.3 Å². The maximum absolute atomic E-state index is 13.5. The molecule has 3 aromatic rings. The van der Waals surface area contributed by atoms with E-state index < -0.39 is 0 Å². The first kappa shape index (κ1) is 29.4. The number of rotatable bonds is 11.